The molecule has 17 heavy (non-hydrogen) atoms. The van der Waals surface area contributed by atoms with Crippen LogP contribution in [0.5, 0.6) is 0 Å². The van der Waals surface area contributed by atoms with Crippen molar-refractivity contribution in [1.82, 2.24) is 9.55 Å². The molecule has 0 bridgehead atoms. The Morgan fingerprint density at radius 3 is 3.06 bits per heavy atom. The summed E-state index contributed by atoms with van der Waals surface area (Å²) in [7, 11) is 0. The number of imidazole rings is 1. The van der Waals surface area contributed by atoms with E-state index >= 15 is 0 Å². The van der Waals surface area contributed by atoms with Crippen LogP contribution in [0.25, 0.3) is 0 Å². The van der Waals surface area contributed by atoms with Gasteiger partial charge < -0.3 is 15.2 Å². The zero-order valence-electron chi connectivity index (χ0n) is 11.0. The van der Waals surface area contributed by atoms with E-state index in [1.807, 2.05) is 0 Å². The van der Waals surface area contributed by atoms with Gasteiger partial charge in [0.2, 0.25) is 5.95 Å². The Kier molecular flexibility index (Phi) is 4.05. The smallest absolute Gasteiger partial charge is 0.206 e. The third-order valence-corrected chi connectivity index (χ3v) is 3.53. The van der Waals surface area contributed by atoms with Gasteiger partial charge in [-0.15, -0.1) is 0 Å². The summed E-state index contributed by atoms with van der Waals surface area (Å²) in [4.78, 5) is 7.07. The second-order valence-electron chi connectivity index (χ2n) is 4.95. The molecule has 1 saturated heterocycles. The van der Waals surface area contributed by atoms with Crippen LogP contribution < -0.4 is 10.6 Å². The van der Waals surface area contributed by atoms with Crippen molar-refractivity contribution in [1.29, 1.82) is 0 Å². The van der Waals surface area contributed by atoms with Crippen molar-refractivity contribution in [2.24, 2.45) is 5.73 Å². The van der Waals surface area contributed by atoms with E-state index < -0.39 is 0 Å². The summed E-state index contributed by atoms with van der Waals surface area (Å²) in [5.41, 5.74) is 6.95. The normalized spacial score (nSPS) is 20.2. The van der Waals surface area contributed by atoms with Gasteiger partial charge in [0.1, 0.15) is 0 Å². The second-order valence-corrected chi connectivity index (χ2v) is 4.95. The van der Waals surface area contributed by atoms with Crippen molar-refractivity contribution in [3.05, 3.63) is 11.9 Å². The molecule has 0 aliphatic carbocycles. The van der Waals surface area contributed by atoms with Crippen molar-refractivity contribution in [2.45, 2.75) is 52.1 Å². The first-order valence-electron chi connectivity index (χ1n) is 6.76. The van der Waals surface area contributed by atoms with Crippen LogP contribution in [0.4, 0.5) is 5.95 Å². The molecule has 2 N–H and O–H groups in total. The molecule has 0 radical (unpaired) electrons. The van der Waals surface area contributed by atoms with E-state index in [4.69, 9.17) is 5.73 Å². The third-order valence-electron chi connectivity index (χ3n) is 3.53. The van der Waals surface area contributed by atoms with Gasteiger partial charge in [-0.2, -0.15) is 0 Å². The second kappa shape index (κ2) is 5.54. The highest BCUT2D eigenvalue weighted by Gasteiger charge is 2.26. The number of unbranched alkanes of at least 4 members (excludes halogenated alkanes) is 1. The molecule has 0 spiro atoms. The lowest BCUT2D eigenvalue weighted by molar-refractivity contribution is 0.598. The quantitative estimate of drug-likeness (QED) is 0.849. The molecule has 1 aromatic heterocycles. The van der Waals surface area contributed by atoms with Gasteiger partial charge >= 0.3 is 0 Å². The van der Waals surface area contributed by atoms with Gasteiger partial charge in [0.15, 0.2) is 0 Å². The van der Waals surface area contributed by atoms with Crippen molar-refractivity contribution in [3.8, 4) is 0 Å². The summed E-state index contributed by atoms with van der Waals surface area (Å²) in [5.74, 6) is 1.13. The Balaban J connectivity index is 2.18. The highest BCUT2D eigenvalue weighted by Crippen LogP contribution is 2.24. The summed E-state index contributed by atoms with van der Waals surface area (Å²) in [5, 5.41) is 0. The topological polar surface area (TPSA) is 47.1 Å². The standard InChI is InChI=1S/C13H24N4/c1-3-4-7-16-10-11(2)15-13(16)17-8-5-6-12(17)9-14/h10,12H,3-9,14H2,1-2H3. The molecule has 96 valence electrons. The Bertz CT molecular complexity index is 358. The van der Waals surface area contributed by atoms with Crippen LogP contribution in [-0.4, -0.2) is 28.7 Å². The van der Waals surface area contributed by atoms with Gasteiger partial charge in [-0.05, 0) is 26.2 Å². The molecule has 1 aliphatic heterocycles. The van der Waals surface area contributed by atoms with Crippen LogP contribution in [0.15, 0.2) is 6.20 Å². The molecule has 1 unspecified atom stereocenters. The fourth-order valence-electron chi connectivity index (χ4n) is 2.60. The van der Waals surface area contributed by atoms with Gasteiger partial charge in [0.25, 0.3) is 0 Å². The number of aryl methyl sites for hydroxylation is 2. The molecule has 2 rings (SSSR count). The molecule has 0 saturated carbocycles. The highest BCUT2D eigenvalue weighted by molar-refractivity contribution is 5.36. The monoisotopic (exact) mass is 236 g/mol. The van der Waals surface area contributed by atoms with Crippen LogP contribution >= 0.6 is 0 Å². The van der Waals surface area contributed by atoms with Crippen LogP contribution in [0.3, 0.4) is 0 Å². The zero-order valence-corrected chi connectivity index (χ0v) is 11.0. The Morgan fingerprint density at radius 2 is 2.35 bits per heavy atom. The van der Waals surface area contributed by atoms with E-state index in [1.54, 1.807) is 0 Å². The average Bonchev–Trinajstić information content (AvgIpc) is 2.91. The van der Waals surface area contributed by atoms with E-state index in [-0.39, 0.29) is 0 Å². The summed E-state index contributed by atoms with van der Waals surface area (Å²) in [6, 6.07) is 0.483. The van der Waals surface area contributed by atoms with Crippen molar-refractivity contribution < 1.29 is 0 Å². The minimum atomic E-state index is 0.483. The van der Waals surface area contributed by atoms with Crippen LogP contribution in [0.1, 0.15) is 38.3 Å². The molecule has 0 amide bonds. The van der Waals surface area contributed by atoms with E-state index in [0.29, 0.717) is 6.04 Å². The summed E-state index contributed by atoms with van der Waals surface area (Å²) in [6.45, 7) is 7.20. The van der Waals surface area contributed by atoms with Gasteiger partial charge in [-0.3, -0.25) is 0 Å². The minimum Gasteiger partial charge on any atom is -0.338 e. The molecule has 0 aromatic carbocycles. The zero-order chi connectivity index (χ0) is 12.3. The van der Waals surface area contributed by atoms with E-state index in [2.05, 4.69) is 34.5 Å². The molecule has 1 aromatic rings. The molecule has 1 atom stereocenters. The lowest BCUT2D eigenvalue weighted by Gasteiger charge is -2.25. The number of rotatable bonds is 5. The Labute approximate surface area is 104 Å². The first kappa shape index (κ1) is 12.4. The largest absolute Gasteiger partial charge is 0.338 e. The summed E-state index contributed by atoms with van der Waals surface area (Å²) >= 11 is 0. The number of hydrogen-bond donors (Lipinski definition) is 1. The first-order valence-corrected chi connectivity index (χ1v) is 6.76. The van der Waals surface area contributed by atoms with Crippen molar-refractivity contribution in [3.63, 3.8) is 0 Å². The maximum absolute atomic E-state index is 5.84. The number of nitrogens with two attached hydrogens (primary N) is 1. The fourth-order valence-corrected chi connectivity index (χ4v) is 2.60. The van der Waals surface area contributed by atoms with Gasteiger partial charge in [-0.25, -0.2) is 4.98 Å². The maximum atomic E-state index is 5.84. The summed E-state index contributed by atoms with van der Waals surface area (Å²) < 4.78 is 2.30. The molecule has 2 heterocycles. The van der Waals surface area contributed by atoms with E-state index in [9.17, 15) is 0 Å². The lowest BCUT2D eigenvalue weighted by atomic mass is 10.2. The van der Waals surface area contributed by atoms with E-state index in [1.165, 1.54) is 25.7 Å². The summed E-state index contributed by atoms with van der Waals surface area (Å²) in [6.07, 6.45) is 7.04. The molecule has 1 fully saturated rings. The SMILES string of the molecule is CCCCn1cc(C)nc1N1CCCC1CN. The Morgan fingerprint density at radius 1 is 1.53 bits per heavy atom. The number of anilines is 1. The molecule has 4 heteroatoms. The lowest BCUT2D eigenvalue weighted by Crippen LogP contribution is -2.37. The molecular formula is C13H24N4. The fraction of sp³-hybridized carbons (Fsp3) is 0.769. The van der Waals surface area contributed by atoms with Gasteiger partial charge in [0.05, 0.1) is 5.69 Å². The minimum absolute atomic E-state index is 0.483. The van der Waals surface area contributed by atoms with Crippen molar-refractivity contribution in [2.75, 3.05) is 18.0 Å². The molecule has 1 aliphatic rings. The number of nitrogens with zero attached hydrogens (tertiary/aromatic N) is 3. The predicted octanol–water partition coefficient (Wildman–Crippen LogP) is 1.92. The van der Waals surface area contributed by atoms with Crippen molar-refractivity contribution >= 4 is 5.95 Å². The predicted molar refractivity (Wildman–Crippen MR) is 71.3 cm³/mol. The van der Waals surface area contributed by atoms with Gasteiger partial charge in [0, 0.05) is 31.9 Å². The van der Waals surface area contributed by atoms with Crippen LogP contribution in [0, 0.1) is 6.92 Å². The van der Waals surface area contributed by atoms with Gasteiger partial charge in [-0.1, -0.05) is 13.3 Å². The van der Waals surface area contributed by atoms with E-state index in [0.717, 1.165) is 31.3 Å². The molecular weight excluding hydrogens is 212 g/mol. The van der Waals surface area contributed by atoms with Crippen LogP contribution in [-0.2, 0) is 6.54 Å². The third kappa shape index (κ3) is 2.63. The Hall–Kier alpha value is -1.03. The highest BCUT2D eigenvalue weighted by atomic mass is 15.3. The number of hydrogen-bond acceptors (Lipinski definition) is 3. The molecule has 4 nitrogen and oxygen atoms in total. The first-order chi connectivity index (χ1) is 8.26. The average molecular weight is 236 g/mol. The van der Waals surface area contributed by atoms with Crippen LogP contribution in [0.2, 0.25) is 0 Å². The maximum Gasteiger partial charge on any atom is 0.206 e. The number of aromatic nitrogens is 2.